The number of aromatic nitrogens is 1. The molecule has 0 aliphatic rings. The Morgan fingerprint density at radius 2 is 1.65 bits per heavy atom. The van der Waals surface area contributed by atoms with Crippen LogP contribution in [0.2, 0.25) is 10.0 Å². The van der Waals surface area contributed by atoms with Crippen LogP contribution in [-0.2, 0) is 5.41 Å². The molecule has 31 heavy (non-hydrogen) atoms. The number of nitrogens with one attached hydrogen (secondary N) is 1. The van der Waals surface area contributed by atoms with Crippen LogP contribution in [0.5, 0.6) is 0 Å². The van der Waals surface area contributed by atoms with E-state index in [9.17, 15) is 9.50 Å². The number of halogens is 3. The Morgan fingerprint density at radius 1 is 1.00 bits per heavy atom. The second kappa shape index (κ2) is 9.35. The molecule has 7 heteroatoms. The van der Waals surface area contributed by atoms with Crippen molar-refractivity contribution in [3.8, 4) is 0 Å². The van der Waals surface area contributed by atoms with Crippen LogP contribution in [-0.4, -0.2) is 4.99 Å². The molecule has 0 saturated heterocycles. The first kappa shape index (κ1) is 23.2. The van der Waals surface area contributed by atoms with Gasteiger partial charge in [-0.05, 0) is 46.6 Å². The zero-order valence-electron chi connectivity index (χ0n) is 17.2. The van der Waals surface area contributed by atoms with Gasteiger partial charge in [-0.25, -0.2) is 4.39 Å². The number of benzene rings is 2. The number of nitrogens with zero attached hydrogens (tertiary/aromatic N) is 1. The van der Waals surface area contributed by atoms with Gasteiger partial charge in [-0.3, -0.25) is 0 Å². The van der Waals surface area contributed by atoms with Crippen LogP contribution in [0.4, 0.5) is 10.1 Å². The topological polar surface area (TPSA) is 39.0 Å². The molecule has 3 rings (SSSR count). The van der Waals surface area contributed by atoms with Gasteiger partial charge in [0.15, 0.2) is 17.4 Å². The molecule has 0 fully saturated rings. The highest BCUT2D eigenvalue weighted by Crippen LogP contribution is 2.27. The highest BCUT2D eigenvalue weighted by atomic mass is 35.5. The number of para-hydroxylation sites is 1. The predicted molar refractivity (Wildman–Crippen MR) is 128 cm³/mol. The van der Waals surface area contributed by atoms with E-state index in [2.05, 4.69) is 26.1 Å². The quantitative estimate of drug-likeness (QED) is 0.223. The van der Waals surface area contributed by atoms with Crippen molar-refractivity contribution in [3.63, 3.8) is 0 Å². The van der Waals surface area contributed by atoms with E-state index in [4.69, 9.17) is 35.4 Å². The normalized spacial score (nSPS) is 12.3. The summed E-state index contributed by atoms with van der Waals surface area (Å²) in [6, 6.07) is 14.6. The van der Waals surface area contributed by atoms with Gasteiger partial charge in [-0.2, -0.15) is 4.57 Å². The largest absolute Gasteiger partial charge is 0.867 e. The van der Waals surface area contributed by atoms with E-state index in [0.29, 0.717) is 10.6 Å². The summed E-state index contributed by atoms with van der Waals surface area (Å²) >= 11 is 17.6. The van der Waals surface area contributed by atoms with Crippen molar-refractivity contribution in [2.45, 2.75) is 26.2 Å². The van der Waals surface area contributed by atoms with Gasteiger partial charge in [0.25, 0.3) is 0 Å². The molecule has 3 aromatic rings. The van der Waals surface area contributed by atoms with Crippen LogP contribution in [0.3, 0.4) is 0 Å². The predicted octanol–water partition coefficient (Wildman–Crippen LogP) is 5.84. The van der Waals surface area contributed by atoms with Crippen molar-refractivity contribution in [1.29, 1.82) is 0 Å². The van der Waals surface area contributed by atoms with Gasteiger partial charge in [-0.15, -0.1) is 0 Å². The van der Waals surface area contributed by atoms with Crippen LogP contribution >= 0.6 is 35.4 Å². The van der Waals surface area contributed by atoms with Gasteiger partial charge in [0, 0.05) is 12.1 Å². The lowest BCUT2D eigenvalue weighted by atomic mass is 9.88. The second-order valence-corrected chi connectivity index (χ2v) is 9.21. The molecule has 1 heterocycles. The summed E-state index contributed by atoms with van der Waals surface area (Å²) in [6.45, 7) is 6.30. The summed E-state index contributed by atoms with van der Waals surface area (Å²) in [7, 11) is 0. The fourth-order valence-electron chi connectivity index (χ4n) is 2.93. The van der Waals surface area contributed by atoms with Crippen LogP contribution in [0.15, 0.2) is 67.0 Å². The van der Waals surface area contributed by atoms with Gasteiger partial charge < -0.3 is 10.4 Å². The third kappa shape index (κ3) is 5.42. The van der Waals surface area contributed by atoms with Gasteiger partial charge in [0.2, 0.25) is 5.70 Å². The number of hydrogen-bond acceptors (Lipinski definition) is 2. The number of hydrogen-bond donors (Lipinski definition) is 1. The first-order valence-electron chi connectivity index (χ1n) is 9.52. The summed E-state index contributed by atoms with van der Waals surface area (Å²) in [5, 5.41) is 16.9. The molecule has 0 saturated carbocycles. The van der Waals surface area contributed by atoms with E-state index in [-0.39, 0.29) is 32.6 Å². The summed E-state index contributed by atoms with van der Waals surface area (Å²) in [6.07, 6.45) is 3.53. The van der Waals surface area contributed by atoms with Gasteiger partial charge in [0.05, 0.1) is 15.7 Å². The fraction of sp³-hybridized carbons (Fsp3) is 0.167. The molecule has 0 amide bonds. The molecule has 3 nitrogen and oxygen atoms in total. The second-order valence-electron chi connectivity index (χ2n) is 7.98. The van der Waals surface area contributed by atoms with Gasteiger partial charge in [-0.1, -0.05) is 74.4 Å². The maximum absolute atomic E-state index is 14.2. The Morgan fingerprint density at radius 3 is 2.23 bits per heavy atom. The van der Waals surface area contributed by atoms with Crippen molar-refractivity contribution in [1.82, 2.24) is 0 Å². The molecule has 2 aromatic carbocycles. The molecule has 0 spiro atoms. The maximum Gasteiger partial charge on any atom is 0.238 e. The number of thiocarbonyl (C=S) groups is 1. The zero-order chi connectivity index (χ0) is 22.8. The van der Waals surface area contributed by atoms with Crippen LogP contribution in [0.1, 0.15) is 31.9 Å². The first-order chi connectivity index (χ1) is 14.6. The lowest BCUT2D eigenvalue weighted by Crippen LogP contribution is -2.40. The van der Waals surface area contributed by atoms with Crippen LogP contribution in [0.25, 0.3) is 11.5 Å². The average molecular weight is 475 g/mol. The Kier molecular flexibility index (Phi) is 6.99. The molecule has 1 aromatic heterocycles. The summed E-state index contributed by atoms with van der Waals surface area (Å²) in [4.78, 5) is 0.0784. The summed E-state index contributed by atoms with van der Waals surface area (Å²) in [5.74, 6) is -0.847. The number of rotatable bonds is 4. The van der Waals surface area contributed by atoms with Crippen molar-refractivity contribution in [2.75, 3.05) is 5.32 Å². The molecule has 0 unspecified atom stereocenters. The summed E-state index contributed by atoms with van der Waals surface area (Å²) in [5.41, 5.74) is 1.70. The molecule has 1 N–H and O–H groups in total. The van der Waals surface area contributed by atoms with Crippen molar-refractivity contribution < 1.29 is 14.1 Å². The fourth-order valence-corrected chi connectivity index (χ4v) is 3.54. The highest BCUT2D eigenvalue weighted by Gasteiger charge is 2.22. The maximum atomic E-state index is 14.2. The highest BCUT2D eigenvalue weighted by molar-refractivity contribution is 7.81. The molecule has 160 valence electrons. The molecule has 0 aliphatic carbocycles. The van der Waals surface area contributed by atoms with E-state index in [1.807, 2.05) is 12.1 Å². The molecular formula is C24H21Cl2FN2OS. The first-order valence-corrected chi connectivity index (χ1v) is 10.7. The molecule has 0 bridgehead atoms. The van der Waals surface area contributed by atoms with Crippen molar-refractivity contribution >= 4 is 57.6 Å². The standard InChI is InChI=1S/C24H21Cl2FN2OS/c1-24(2,3)16-10-12-29(13-11-16)21(22(30)15-8-9-17(25)18(26)14-15)23(31)28-20-7-5-4-6-19(20)27/h4-14H,1-3H3,(H-,28,30,31). The molecule has 0 aliphatic heterocycles. The Labute approximate surface area is 196 Å². The number of anilines is 1. The molecule has 0 radical (unpaired) electrons. The van der Waals surface area contributed by atoms with Crippen LogP contribution < -0.4 is 15.0 Å². The number of pyridine rings is 1. The minimum absolute atomic E-state index is 0.0567. The van der Waals surface area contributed by atoms with Crippen molar-refractivity contribution in [3.05, 3.63) is 94.0 Å². The lowest BCUT2D eigenvalue weighted by molar-refractivity contribution is -0.577. The lowest BCUT2D eigenvalue weighted by Gasteiger charge is -2.20. The molecular weight excluding hydrogens is 454 g/mol. The van der Waals surface area contributed by atoms with E-state index in [0.717, 1.165) is 5.56 Å². The SMILES string of the molecule is CC(C)(C)c1cc[n+](C(C(=S)Nc2ccccc2F)=C([O-])c2ccc(Cl)c(Cl)c2)cc1. The minimum Gasteiger partial charge on any atom is -0.867 e. The van der Waals surface area contributed by atoms with Gasteiger partial charge in [0.1, 0.15) is 5.82 Å². The van der Waals surface area contributed by atoms with Crippen LogP contribution in [0, 0.1) is 5.82 Å². The van der Waals surface area contributed by atoms with E-state index < -0.39 is 5.82 Å². The van der Waals surface area contributed by atoms with E-state index in [1.165, 1.54) is 12.1 Å². The Bertz CT molecular complexity index is 1150. The summed E-state index contributed by atoms with van der Waals surface area (Å²) < 4.78 is 15.8. The molecule has 0 atom stereocenters. The van der Waals surface area contributed by atoms with E-state index >= 15 is 0 Å². The van der Waals surface area contributed by atoms with Crippen molar-refractivity contribution in [2.24, 2.45) is 0 Å². The monoisotopic (exact) mass is 474 g/mol. The smallest absolute Gasteiger partial charge is 0.238 e. The Hall–Kier alpha value is -2.47. The third-order valence-corrected chi connectivity index (χ3v) is 5.72. The van der Waals surface area contributed by atoms with E-state index in [1.54, 1.807) is 47.3 Å². The Balaban J connectivity index is 2.12. The minimum atomic E-state index is -0.473. The average Bonchev–Trinajstić information content (AvgIpc) is 2.71. The third-order valence-electron chi connectivity index (χ3n) is 4.69. The zero-order valence-corrected chi connectivity index (χ0v) is 19.6. The van der Waals surface area contributed by atoms with Gasteiger partial charge >= 0.3 is 0 Å².